The van der Waals surface area contributed by atoms with Crippen molar-refractivity contribution in [3.63, 3.8) is 0 Å². The summed E-state index contributed by atoms with van der Waals surface area (Å²) < 4.78 is 13.4. The molecule has 0 fully saturated rings. The van der Waals surface area contributed by atoms with Crippen LogP contribution in [0, 0.1) is 0 Å². The highest BCUT2D eigenvalue weighted by atomic mass is 16.3. The molecular formula is C50H31NO2. The maximum absolute atomic E-state index is 6.78. The number of rotatable bonds is 5. The molecule has 0 bridgehead atoms. The third-order valence-corrected chi connectivity index (χ3v) is 10.6. The van der Waals surface area contributed by atoms with Gasteiger partial charge in [0.1, 0.15) is 16.7 Å². The molecule has 0 atom stereocenters. The van der Waals surface area contributed by atoms with E-state index >= 15 is 0 Å². The minimum absolute atomic E-state index is 0.860. The van der Waals surface area contributed by atoms with E-state index in [0.717, 1.165) is 83.0 Å². The van der Waals surface area contributed by atoms with Crippen LogP contribution in [0.3, 0.4) is 0 Å². The van der Waals surface area contributed by atoms with Crippen molar-refractivity contribution in [3.05, 3.63) is 188 Å². The Morgan fingerprint density at radius 1 is 0.340 bits per heavy atom. The molecule has 0 saturated heterocycles. The first-order valence-electron chi connectivity index (χ1n) is 18.0. The van der Waals surface area contributed by atoms with Gasteiger partial charge in [-0.25, -0.2) is 0 Å². The lowest BCUT2D eigenvalue weighted by atomic mass is 9.99. The number of benzene rings is 9. The van der Waals surface area contributed by atoms with Crippen molar-refractivity contribution in [1.82, 2.24) is 0 Å². The normalized spacial score (nSPS) is 11.8. The van der Waals surface area contributed by atoms with Gasteiger partial charge in [0.25, 0.3) is 0 Å². The molecule has 0 spiro atoms. The molecule has 0 aliphatic rings. The third kappa shape index (κ3) is 4.68. The molecule has 9 aromatic carbocycles. The number of fused-ring (bicyclic) bond motifs is 10. The standard InChI is InChI=1S/C50H31NO2/c1-2-12-32(13-3-1)35-16-10-17-38(30-35)51(44-31-36-15-5-7-19-40(36)48-42-20-8-9-23-45(42)52-50(44)48)37-27-24-34(25-28-37)41-21-11-22-43-47-39-18-6-4-14-33(39)26-29-46(47)53-49(41)43/h1-31H. The van der Waals surface area contributed by atoms with Gasteiger partial charge in [0, 0.05) is 38.5 Å². The van der Waals surface area contributed by atoms with Gasteiger partial charge in [0.2, 0.25) is 0 Å². The molecule has 248 valence electrons. The Labute approximate surface area is 305 Å². The van der Waals surface area contributed by atoms with Gasteiger partial charge < -0.3 is 13.7 Å². The second kappa shape index (κ2) is 11.7. The lowest BCUT2D eigenvalue weighted by molar-refractivity contribution is 0.669. The minimum Gasteiger partial charge on any atom is -0.455 e. The van der Waals surface area contributed by atoms with Crippen LogP contribution in [0.25, 0.3) is 87.7 Å². The summed E-state index contributed by atoms with van der Waals surface area (Å²) in [4.78, 5) is 2.33. The fourth-order valence-corrected chi connectivity index (χ4v) is 8.19. The van der Waals surface area contributed by atoms with Crippen molar-refractivity contribution in [2.75, 3.05) is 4.90 Å². The van der Waals surface area contributed by atoms with Crippen molar-refractivity contribution < 1.29 is 8.83 Å². The Bertz CT molecular complexity index is 3170. The van der Waals surface area contributed by atoms with E-state index < -0.39 is 0 Å². The van der Waals surface area contributed by atoms with Crippen LogP contribution in [0.2, 0.25) is 0 Å². The van der Waals surface area contributed by atoms with E-state index in [1.165, 1.54) is 21.7 Å². The molecule has 53 heavy (non-hydrogen) atoms. The molecule has 11 aromatic rings. The summed E-state index contributed by atoms with van der Waals surface area (Å²) in [5.74, 6) is 0. The molecule has 3 heteroatoms. The fraction of sp³-hybridized carbons (Fsp3) is 0. The second-order valence-corrected chi connectivity index (χ2v) is 13.7. The molecule has 0 aliphatic carbocycles. The van der Waals surface area contributed by atoms with Gasteiger partial charge in [0.05, 0.1) is 5.69 Å². The summed E-state index contributed by atoms with van der Waals surface area (Å²) in [5, 5.41) is 9.27. The highest BCUT2D eigenvalue weighted by Crippen LogP contribution is 2.47. The summed E-state index contributed by atoms with van der Waals surface area (Å²) in [5.41, 5.74) is 11.1. The minimum atomic E-state index is 0.860. The lowest BCUT2D eigenvalue weighted by Gasteiger charge is -2.27. The maximum Gasteiger partial charge on any atom is 0.160 e. The molecule has 3 nitrogen and oxygen atoms in total. The van der Waals surface area contributed by atoms with E-state index in [1.807, 2.05) is 6.07 Å². The van der Waals surface area contributed by atoms with Gasteiger partial charge in [-0.05, 0) is 80.7 Å². The number of para-hydroxylation sites is 2. The Morgan fingerprint density at radius 2 is 1.00 bits per heavy atom. The molecule has 11 rings (SSSR count). The Balaban J connectivity index is 1.12. The Morgan fingerprint density at radius 3 is 1.85 bits per heavy atom. The van der Waals surface area contributed by atoms with E-state index in [4.69, 9.17) is 8.83 Å². The smallest absolute Gasteiger partial charge is 0.160 e. The van der Waals surface area contributed by atoms with Gasteiger partial charge in [-0.2, -0.15) is 0 Å². The predicted molar refractivity (Wildman–Crippen MR) is 222 cm³/mol. The second-order valence-electron chi connectivity index (χ2n) is 13.7. The molecule has 0 N–H and O–H groups in total. The molecular weight excluding hydrogens is 647 g/mol. The maximum atomic E-state index is 6.78. The van der Waals surface area contributed by atoms with E-state index in [2.05, 4.69) is 187 Å². The molecule has 0 amide bonds. The summed E-state index contributed by atoms with van der Waals surface area (Å²) >= 11 is 0. The average molecular weight is 678 g/mol. The van der Waals surface area contributed by atoms with Gasteiger partial charge in [-0.3, -0.25) is 0 Å². The summed E-state index contributed by atoms with van der Waals surface area (Å²) in [6.45, 7) is 0. The predicted octanol–water partition coefficient (Wildman–Crippen LogP) is 14.6. The van der Waals surface area contributed by atoms with Gasteiger partial charge in [-0.1, -0.05) is 146 Å². The Hall–Kier alpha value is -7.10. The largest absolute Gasteiger partial charge is 0.455 e. The zero-order valence-corrected chi connectivity index (χ0v) is 28.7. The number of hydrogen-bond donors (Lipinski definition) is 0. The molecule has 2 aromatic heterocycles. The van der Waals surface area contributed by atoms with Crippen molar-refractivity contribution >= 4 is 82.5 Å². The monoisotopic (exact) mass is 677 g/mol. The number of anilines is 3. The molecule has 0 saturated carbocycles. The van der Waals surface area contributed by atoms with E-state index in [-0.39, 0.29) is 0 Å². The van der Waals surface area contributed by atoms with Crippen LogP contribution in [-0.4, -0.2) is 0 Å². The van der Waals surface area contributed by atoms with Gasteiger partial charge in [-0.15, -0.1) is 0 Å². The van der Waals surface area contributed by atoms with Crippen LogP contribution in [-0.2, 0) is 0 Å². The average Bonchev–Trinajstić information content (AvgIpc) is 3.82. The van der Waals surface area contributed by atoms with Crippen molar-refractivity contribution in [3.8, 4) is 22.3 Å². The highest BCUT2D eigenvalue weighted by molar-refractivity contribution is 6.23. The number of nitrogens with zero attached hydrogens (tertiary/aromatic N) is 1. The lowest BCUT2D eigenvalue weighted by Crippen LogP contribution is -2.10. The van der Waals surface area contributed by atoms with Crippen molar-refractivity contribution in [2.45, 2.75) is 0 Å². The van der Waals surface area contributed by atoms with Crippen LogP contribution in [0.5, 0.6) is 0 Å². The van der Waals surface area contributed by atoms with Crippen LogP contribution >= 0.6 is 0 Å². The van der Waals surface area contributed by atoms with Crippen LogP contribution in [0.15, 0.2) is 197 Å². The zero-order chi connectivity index (χ0) is 34.9. The molecule has 2 heterocycles. The summed E-state index contributed by atoms with van der Waals surface area (Å²) in [6, 6.07) is 66.6. The van der Waals surface area contributed by atoms with Gasteiger partial charge in [0.15, 0.2) is 5.58 Å². The van der Waals surface area contributed by atoms with Crippen molar-refractivity contribution in [2.24, 2.45) is 0 Å². The summed E-state index contributed by atoms with van der Waals surface area (Å²) in [7, 11) is 0. The molecule has 0 unspecified atom stereocenters. The number of furan rings is 2. The first-order chi connectivity index (χ1) is 26.3. The molecule has 0 radical (unpaired) electrons. The Kier molecular flexibility index (Phi) is 6.55. The number of hydrogen-bond acceptors (Lipinski definition) is 3. The quantitative estimate of drug-likeness (QED) is 0.182. The van der Waals surface area contributed by atoms with E-state index in [9.17, 15) is 0 Å². The van der Waals surface area contributed by atoms with E-state index in [0.29, 0.717) is 0 Å². The van der Waals surface area contributed by atoms with E-state index in [1.54, 1.807) is 0 Å². The van der Waals surface area contributed by atoms with Gasteiger partial charge >= 0.3 is 0 Å². The third-order valence-electron chi connectivity index (χ3n) is 10.6. The topological polar surface area (TPSA) is 29.5 Å². The first kappa shape index (κ1) is 29.6. The highest BCUT2D eigenvalue weighted by Gasteiger charge is 2.23. The SMILES string of the molecule is c1ccc(-c2cccc(N(c3ccc(-c4cccc5c4oc4ccc6ccccc6c45)cc3)c3cc4ccccc4c4c3oc3ccccc34)c2)cc1. The van der Waals surface area contributed by atoms with Crippen LogP contribution in [0.1, 0.15) is 0 Å². The molecule has 0 aliphatic heterocycles. The fourth-order valence-electron chi connectivity index (χ4n) is 8.19. The van der Waals surface area contributed by atoms with Crippen molar-refractivity contribution in [1.29, 1.82) is 0 Å². The zero-order valence-electron chi connectivity index (χ0n) is 28.7. The first-order valence-corrected chi connectivity index (χ1v) is 18.0. The van der Waals surface area contributed by atoms with Crippen LogP contribution in [0.4, 0.5) is 17.1 Å². The summed E-state index contributed by atoms with van der Waals surface area (Å²) in [6.07, 6.45) is 0. The van der Waals surface area contributed by atoms with Crippen LogP contribution < -0.4 is 4.90 Å².